The Hall–Kier alpha value is -2.56. The van der Waals surface area contributed by atoms with Crippen LogP contribution in [0, 0.1) is 0 Å². The molecule has 0 amide bonds. The molecule has 1 aromatic rings. The lowest BCUT2D eigenvalue weighted by atomic mass is 10.2. The number of rotatable bonds is 9. The third-order valence-electron chi connectivity index (χ3n) is 2.76. The fraction of sp³-hybridized carbons (Fsp3) is 0.333. The lowest BCUT2D eigenvalue weighted by molar-refractivity contribution is -0.140. The topological polar surface area (TPSA) is 61.8 Å². The Bertz CT molecular complexity index is 589. The van der Waals surface area contributed by atoms with E-state index in [-0.39, 0.29) is 13.2 Å². The molecule has 0 fully saturated rings. The van der Waals surface area contributed by atoms with E-state index in [1.807, 2.05) is 18.2 Å². The van der Waals surface area contributed by atoms with Crippen LogP contribution in [0.5, 0.6) is 5.75 Å². The molecule has 0 atom stereocenters. The van der Waals surface area contributed by atoms with Crippen molar-refractivity contribution in [1.82, 2.24) is 0 Å². The van der Waals surface area contributed by atoms with Crippen molar-refractivity contribution in [2.75, 3.05) is 13.2 Å². The number of hydrogen-bond acceptors (Lipinski definition) is 5. The van der Waals surface area contributed by atoms with E-state index in [0.717, 1.165) is 5.56 Å². The molecule has 0 aliphatic carbocycles. The van der Waals surface area contributed by atoms with Crippen LogP contribution in [0.1, 0.15) is 25.8 Å². The lowest BCUT2D eigenvalue weighted by Crippen LogP contribution is -2.09. The first-order valence-corrected chi connectivity index (χ1v) is 7.27. The number of esters is 2. The zero-order chi connectivity index (χ0) is 17.2. The third kappa shape index (κ3) is 7.31. The van der Waals surface area contributed by atoms with Crippen molar-refractivity contribution in [3.63, 3.8) is 0 Å². The Kier molecular flexibility index (Phi) is 7.60. The summed E-state index contributed by atoms with van der Waals surface area (Å²) in [7, 11) is 0. The van der Waals surface area contributed by atoms with Crippen molar-refractivity contribution in [2.45, 2.75) is 26.9 Å². The van der Waals surface area contributed by atoms with Crippen molar-refractivity contribution in [3.8, 4) is 5.75 Å². The van der Waals surface area contributed by atoms with E-state index in [2.05, 4.69) is 13.2 Å². The van der Waals surface area contributed by atoms with Gasteiger partial charge in [-0.15, -0.1) is 0 Å². The van der Waals surface area contributed by atoms with Gasteiger partial charge in [0.15, 0.2) is 0 Å². The van der Waals surface area contributed by atoms with E-state index < -0.39 is 11.9 Å². The number of ether oxygens (including phenoxy) is 3. The number of carbonyl (C=O) groups excluding carboxylic acids is 2. The van der Waals surface area contributed by atoms with Gasteiger partial charge in [-0.25, -0.2) is 9.59 Å². The number of hydrogen-bond donors (Lipinski definition) is 0. The summed E-state index contributed by atoms with van der Waals surface area (Å²) in [5.41, 5.74) is 1.57. The van der Waals surface area contributed by atoms with Crippen LogP contribution < -0.4 is 4.74 Å². The van der Waals surface area contributed by atoms with Crippen LogP contribution in [0.2, 0.25) is 0 Å². The Morgan fingerprint density at radius 3 is 2.30 bits per heavy atom. The van der Waals surface area contributed by atoms with Crippen molar-refractivity contribution in [2.24, 2.45) is 0 Å². The molecule has 0 aromatic heterocycles. The Morgan fingerprint density at radius 1 is 1.00 bits per heavy atom. The predicted molar refractivity (Wildman–Crippen MR) is 86.9 cm³/mol. The maximum atomic E-state index is 11.3. The van der Waals surface area contributed by atoms with Crippen molar-refractivity contribution in [3.05, 3.63) is 54.1 Å². The molecular weight excluding hydrogens is 296 g/mol. The highest BCUT2D eigenvalue weighted by molar-refractivity contribution is 5.87. The summed E-state index contributed by atoms with van der Waals surface area (Å²) in [6.07, 6.45) is 0.577. The molecule has 0 heterocycles. The Morgan fingerprint density at radius 2 is 1.65 bits per heavy atom. The van der Waals surface area contributed by atoms with Crippen LogP contribution in [0.15, 0.2) is 48.6 Å². The van der Waals surface area contributed by atoms with Gasteiger partial charge in [0.05, 0.1) is 13.2 Å². The van der Waals surface area contributed by atoms with E-state index in [1.165, 1.54) is 0 Å². The van der Waals surface area contributed by atoms with Gasteiger partial charge < -0.3 is 14.2 Å². The monoisotopic (exact) mass is 318 g/mol. The molecule has 0 saturated carbocycles. The molecule has 5 nitrogen and oxygen atoms in total. The first kappa shape index (κ1) is 18.5. The van der Waals surface area contributed by atoms with Gasteiger partial charge in [0.2, 0.25) is 0 Å². The van der Waals surface area contributed by atoms with E-state index >= 15 is 0 Å². The summed E-state index contributed by atoms with van der Waals surface area (Å²) < 4.78 is 15.6. The quantitative estimate of drug-likeness (QED) is 0.397. The zero-order valence-corrected chi connectivity index (χ0v) is 13.6. The second-order valence-electron chi connectivity index (χ2n) is 5.12. The van der Waals surface area contributed by atoms with E-state index in [1.54, 1.807) is 19.9 Å². The predicted octanol–water partition coefficient (Wildman–Crippen LogP) is 3.19. The highest BCUT2D eigenvalue weighted by Gasteiger charge is 2.05. The van der Waals surface area contributed by atoms with Gasteiger partial charge in [0.25, 0.3) is 0 Å². The van der Waals surface area contributed by atoms with Gasteiger partial charge in [-0.3, -0.25) is 0 Å². The molecule has 0 bridgehead atoms. The zero-order valence-electron chi connectivity index (χ0n) is 13.6. The molecular formula is C18H22O5. The molecule has 0 saturated heterocycles. The molecule has 0 aliphatic rings. The average molecular weight is 318 g/mol. The number of carbonyl (C=O) groups is 2. The van der Waals surface area contributed by atoms with Crippen LogP contribution in [0.4, 0.5) is 0 Å². The molecule has 1 aromatic carbocycles. The van der Waals surface area contributed by atoms with Crippen molar-refractivity contribution >= 4 is 11.9 Å². The van der Waals surface area contributed by atoms with Crippen LogP contribution in [0.25, 0.3) is 0 Å². The normalized spacial score (nSPS) is 9.83. The second kappa shape index (κ2) is 9.46. The summed E-state index contributed by atoms with van der Waals surface area (Å²) in [6.45, 7) is 11.1. The van der Waals surface area contributed by atoms with Gasteiger partial charge in [-0.05, 0) is 31.5 Å². The summed E-state index contributed by atoms with van der Waals surface area (Å²) in [5, 5.41) is 0. The number of benzene rings is 1. The Labute approximate surface area is 136 Å². The van der Waals surface area contributed by atoms with Gasteiger partial charge in [-0.2, -0.15) is 0 Å². The first-order valence-electron chi connectivity index (χ1n) is 7.27. The SMILES string of the molecule is C=C(C)C(=O)OCCCOc1cccc(COC(=O)C(=C)C)c1. The van der Waals surface area contributed by atoms with Crippen molar-refractivity contribution in [1.29, 1.82) is 0 Å². The average Bonchev–Trinajstić information content (AvgIpc) is 2.52. The van der Waals surface area contributed by atoms with E-state index in [9.17, 15) is 9.59 Å². The smallest absolute Gasteiger partial charge is 0.333 e. The molecule has 0 aliphatic heterocycles. The molecule has 0 spiro atoms. The van der Waals surface area contributed by atoms with E-state index in [0.29, 0.717) is 29.9 Å². The van der Waals surface area contributed by atoms with Crippen LogP contribution in [-0.2, 0) is 25.7 Å². The molecule has 0 unspecified atom stereocenters. The van der Waals surface area contributed by atoms with Gasteiger partial charge in [-0.1, -0.05) is 25.3 Å². The summed E-state index contributed by atoms with van der Waals surface area (Å²) in [5.74, 6) is -0.151. The molecule has 0 N–H and O–H groups in total. The Balaban J connectivity index is 2.33. The molecule has 5 heteroatoms. The van der Waals surface area contributed by atoms with Crippen LogP contribution in [0.3, 0.4) is 0 Å². The maximum Gasteiger partial charge on any atom is 0.333 e. The minimum atomic E-state index is -0.421. The lowest BCUT2D eigenvalue weighted by Gasteiger charge is -2.09. The largest absolute Gasteiger partial charge is 0.493 e. The van der Waals surface area contributed by atoms with Gasteiger partial charge in [0.1, 0.15) is 12.4 Å². The van der Waals surface area contributed by atoms with Gasteiger partial charge in [0, 0.05) is 17.6 Å². The highest BCUT2D eigenvalue weighted by atomic mass is 16.5. The van der Waals surface area contributed by atoms with Crippen molar-refractivity contribution < 1.29 is 23.8 Å². The standard InChI is InChI=1S/C18H22O5/c1-13(2)17(19)22-10-6-9-21-16-8-5-7-15(11-16)12-23-18(20)14(3)4/h5,7-8,11H,1,3,6,9-10,12H2,2,4H3. The summed E-state index contributed by atoms with van der Waals surface area (Å²) >= 11 is 0. The highest BCUT2D eigenvalue weighted by Crippen LogP contribution is 2.15. The summed E-state index contributed by atoms with van der Waals surface area (Å²) in [4.78, 5) is 22.5. The van der Waals surface area contributed by atoms with E-state index in [4.69, 9.17) is 14.2 Å². The first-order chi connectivity index (χ1) is 10.9. The molecule has 0 radical (unpaired) electrons. The third-order valence-corrected chi connectivity index (χ3v) is 2.76. The fourth-order valence-electron chi connectivity index (χ4n) is 1.53. The van der Waals surface area contributed by atoms with Crippen LogP contribution >= 0.6 is 0 Å². The van der Waals surface area contributed by atoms with Crippen LogP contribution in [-0.4, -0.2) is 25.2 Å². The fourth-order valence-corrected chi connectivity index (χ4v) is 1.53. The molecule has 23 heavy (non-hydrogen) atoms. The van der Waals surface area contributed by atoms with Gasteiger partial charge >= 0.3 is 11.9 Å². The molecule has 1 rings (SSSR count). The second-order valence-corrected chi connectivity index (χ2v) is 5.12. The minimum absolute atomic E-state index is 0.166. The maximum absolute atomic E-state index is 11.3. The summed E-state index contributed by atoms with van der Waals surface area (Å²) in [6, 6.07) is 7.27. The molecule has 124 valence electrons. The minimum Gasteiger partial charge on any atom is -0.493 e.